The van der Waals surface area contributed by atoms with Gasteiger partial charge < -0.3 is 9.47 Å². The summed E-state index contributed by atoms with van der Waals surface area (Å²) in [5, 5.41) is 8.19. The largest absolute Gasteiger partial charge is 0.395 e. The van der Waals surface area contributed by atoms with Crippen molar-refractivity contribution >= 4 is 23.4 Å². The highest BCUT2D eigenvalue weighted by atomic mass is 32.2. The number of hydrogen-bond acceptors (Lipinski definition) is 4. The van der Waals surface area contributed by atoms with Crippen LogP contribution in [0.3, 0.4) is 0 Å². The van der Waals surface area contributed by atoms with Crippen molar-refractivity contribution in [2.24, 2.45) is 7.05 Å². The monoisotopic (exact) mass is 356 g/mol. The van der Waals surface area contributed by atoms with Gasteiger partial charge in [0.1, 0.15) is 6.33 Å². The number of rotatable bonds is 3. The number of nitrogens with zero attached hydrogens (tertiary/aromatic N) is 4. The minimum absolute atomic E-state index is 0.0550. The molecule has 0 N–H and O–H groups in total. The molecule has 0 bridgehead atoms. The molecular weight excluding hydrogens is 341 g/mol. The fraction of sp³-hybridized carbons (Fsp3) is 0.400. The van der Waals surface area contributed by atoms with E-state index in [1.807, 2.05) is 0 Å². The third-order valence-electron chi connectivity index (χ3n) is 3.94. The van der Waals surface area contributed by atoms with Crippen molar-refractivity contribution < 1.29 is 18.0 Å². The number of aryl methyl sites for hydroxylation is 1. The molecule has 0 aliphatic carbocycles. The van der Waals surface area contributed by atoms with Gasteiger partial charge in [-0.15, -0.1) is 10.2 Å². The number of benzene rings is 1. The Labute approximate surface area is 140 Å². The molecule has 9 heteroatoms. The summed E-state index contributed by atoms with van der Waals surface area (Å²) in [6.45, 7) is 0.0550. The number of para-hydroxylation sites is 1. The number of fused-ring (bicyclic) bond motifs is 1. The summed E-state index contributed by atoms with van der Waals surface area (Å²) < 4.78 is 41.3. The number of anilines is 1. The van der Waals surface area contributed by atoms with E-state index in [0.29, 0.717) is 10.8 Å². The van der Waals surface area contributed by atoms with Crippen LogP contribution in [0.1, 0.15) is 17.9 Å². The van der Waals surface area contributed by atoms with Crippen molar-refractivity contribution in [3.63, 3.8) is 0 Å². The first-order valence-electron chi connectivity index (χ1n) is 7.30. The number of halogens is 3. The van der Waals surface area contributed by atoms with E-state index >= 15 is 0 Å². The molecule has 128 valence electrons. The number of thioether (sulfide) groups is 1. The van der Waals surface area contributed by atoms with Gasteiger partial charge in [0.2, 0.25) is 5.91 Å². The number of carbonyl (C=O) groups is 1. The molecule has 0 radical (unpaired) electrons. The maximum Gasteiger partial charge on any atom is 0.395 e. The van der Waals surface area contributed by atoms with Crippen LogP contribution in [-0.2, 0) is 11.8 Å². The van der Waals surface area contributed by atoms with Crippen LogP contribution in [-0.4, -0.2) is 39.1 Å². The molecule has 1 aliphatic heterocycles. The van der Waals surface area contributed by atoms with Gasteiger partial charge in [-0.2, -0.15) is 13.2 Å². The lowest BCUT2D eigenvalue weighted by Gasteiger charge is -2.35. The minimum atomic E-state index is -4.31. The summed E-state index contributed by atoms with van der Waals surface area (Å²) >= 11 is 1.21. The van der Waals surface area contributed by atoms with Gasteiger partial charge in [0.25, 0.3) is 0 Å². The molecule has 0 saturated carbocycles. The molecule has 0 spiro atoms. The Balaban J connectivity index is 1.79. The summed E-state index contributed by atoms with van der Waals surface area (Å²) in [6.07, 6.45) is -2.91. The van der Waals surface area contributed by atoms with E-state index in [4.69, 9.17) is 0 Å². The highest BCUT2D eigenvalue weighted by Crippen LogP contribution is 2.44. The molecule has 1 amide bonds. The van der Waals surface area contributed by atoms with E-state index < -0.39 is 12.1 Å². The summed E-state index contributed by atoms with van der Waals surface area (Å²) in [6, 6.07) is 6.23. The van der Waals surface area contributed by atoms with Crippen LogP contribution in [0.5, 0.6) is 0 Å². The van der Waals surface area contributed by atoms with Crippen LogP contribution < -0.4 is 4.90 Å². The summed E-state index contributed by atoms with van der Waals surface area (Å²) in [5.41, 5.74) is 0.503. The molecule has 1 atom stereocenters. The lowest BCUT2D eigenvalue weighted by atomic mass is 9.89. The SMILES string of the molecule is Cn1cnnc1SCC(=O)N1CCC(C(F)(F)F)c2ccccc21. The topological polar surface area (TPSA) is 51.0 Å². The van der Waals surface area contributed by atoms with E-state index in [2.05, 4.69) is 10.2 Å². The van der Waals surface area contributed by atoms with Crippen molar-refractivity contribution in [1.82, 2.24) is 14.8 Å². The molecule has 0 fully saturated rings. The average Bonchev–Trinajstić information content (AvgIpc) is 2.95. The zero-order valence-corrected chi connectivity index (χ0v) is 13.6. The average molecular weight is 356 g/mol. The van der Waals surface area contributed by atoms with Gasteiger partial charge in [0, 0.05) is 19.3 Å². The molecule has 0 saturated heterocycles. The Kier molecular flexibility index (Phi) is 4.53. The first kappa shape index (κ1) is 16.8. The molecule has 5 nitrogen and oxygen atoms in total. The lowest BCUT2D eigenvalue weighted by Crippen LogP contribution is -2.40. The van der Waals surface area contributed by atoms with Gasteiger partial charge in [0.05, 0.1) is 11.7 Å². The first-order valence-corrected chi connectivity index (χ1v) is 8.29. The molecule has 1 unspecified atom stereocenters. The molecule has 3 rings (SSSR count). The van der Waals surface area contributed by atoms with E-state index in [-0.39, 0.29) is 30.2 Å². The van der Waals surface area contributed by atoms with Crippen molar-refractivity contribution in [2.45, 2.75) is 23.7 Å². The fourth-order valence-corrected chi connectivity index (χ4v) is 3.53. The molecule has 24 heavy (non-hydrogen) atoms. The van der Waals surface area contributed by atoms with Crippen LogP contribution in [0, 0.1) is 0 Å². The molecule has 1 aromatic carbocycles. The molecule has 2 heterocycles. The predicted molar refractivity (Wildman–Crippen MR) is 83.9 cm³/mol. The number of carbonyl (C=O) groups excluding carboxylic acids is 1. The standard InChI is InChI=1S/C15H15F3N4OS/c1-21-9-19-20-14(21)24-8-13(23)22-7-6-11(15(16,17)18)10-4-2-3-5-12(10)22/h2-5,9,11H,6-8H2,1H3. The number of aromatic nitrogens is 3. The van der Waals surface area contributed by atoms with Gasteiger partial charge in [-0.3, -0.25) is 4.79 Å². The summed E-state index contributed by atoms with van der Waals surface area (Å²) in [4.78, 5) is 13.9. The van der Waals surface area contributed by atoms with Gasteiger partial charge in [-0.05, 0) is 18.1 Å². The maximum atomic E-state index is 13.2. The zero-order chi connectivity index (χ0) is 17.3. The van der Waals surface area contributed by atoms with Crippen LogP contribution in [0.15, 0.2) is 35.7 Å². The van der Waals surface area contributed by atoms with Crippen LogP contribution in [0.4, 0.5) is 18.9 Å². The normalized spacial score (nSPS) is 17.7. The summed E-state index contributed by atoms with van der Waals surface area (Å²) in [7, 11) is 1.76. The Morgan fingerprint density at radius 2 is 2.12 bits per heavy atom. The molecule has 1 aliphatic rings. The van der Waals surface area contributed by atoms with Crippen molar-refractivity contribution in [3.8, 4) is 0 Å². The predicted octanol–water partition coefficient (Wildman–Crippen LogP) is 2.99. The minimum Gasteiger partial charge on any atom is -0.312 e. The second-order valence-corrected chi connectivity index (χ2v) is 6.44. The maximum absolute atomic E-state index is 13.2. The Morgan fingerprint density at radius 3 is 2.79 bits per heavy atom. The van der Waals surface area contributed by atoms with E-state index in [1.165, 1.54) is 29.1 Å². The lowest BCUT2D eigenvalue weighted by molar-refractivity contribution is -0.152. The smallest absolute Gasteiger partial charge is 0.312 e. The van der Waals surface area contributed by atoms with Crippen LogP contribution in [0.2, 0.25) is 0 Å². The summed E-state index contributed by atoms with van der Waals surface area (Å²) in [5.74, 6) is -1.67. The Morgan fingerprint density at radius 1 is 1.38 bits per heavy atom. The van der Waals surface area contributed by atoms with Gasteiger partial charge in [0.15, 0.2) is 5.16 Å². The van der Waals surface area contributed by atoms with Crippen molar-refractivity contribution in [2.75, 3.05) is 17.2 Å². The third-order valence-corrected chi connectivity index (χ3v) is 4.95. The Hall–Kier alpha value is -2.03. The second-order valence-electron chi connectivity index (χ2n) is 5.50. The van der Waals surface area contributed by atoms with E-state index in [1.54, 1.807) is 29.8 Å². The van der Waals surface area contributed by atoms with Gasteiger partial charge >= 0.3 is 6.18 Å². The van der Waals surface area contributed by atoms with E-state index in [9.17, 15) is 18.0 Å². The molecular formula is C15H15F3N4OS. The van der Waals surface area contributed by atoms with Crippen molar-refractivity contribution in [1.29, 1.82) is 0 Å². The van der Waals surface area contributed by atoms with Crippen LogP contribution >= 0.6 is 11.8 Å². The van der Waals surface area contributed by atoms with Crippen LogP contribution in [0.25, 0.3) is 0 Å². The van der Waals surface area contributed by atoms with Gasteiger partial charge in [-0.1, -0.05) is 30.0 Å². The molecule has 2 aromatic rings. The second kappa shape index (κ2) is 6.46. The van der Waals surface area contributed by atoms with Gasteiger partial charge in [-0.25, -0.2) is 0 Å². The highest BCUT2D eigenvalue weighted by Gasteiger charge is 2.44. The highest BCUT2D eigenvalue weighted by molar-refractivity contribution is 7.99. The number of hydrogen-bond donors (Lipinski definition) is 0. The Bertz CT molecular complexity index is 746. The quantitative estimate of drug-likeness (QED) is 0.794. The number of alkyl halides is 3. The molecule has 1 aromatic heterocycles. The van der Waals surface area contributed by atoms with Crippen molar-refractivity contribution in [3.05, 3.63) is 36.2 Å². The van der Waals surface area contributed by atoms with E-state index in [0.717, 1.165) is 0 Å². The fourth-order valence-electron chi connectivity index (χ4n) is 2.77. The third kappa shape index (κ3) is 3.26. The first-order chi connectivity index (χ1) is 11.4. The zero-order valence-electron chi connectivity index (χ0n) is 12.8. The number of amides is 1.